The molecule has 1 aliphatic rings. The first-order valence-corrected chi connectivity index (χ1v) is 6.55. The number of nitrogens with zero attached hydrogens (tertiary/aromatic N) is 2. The molecule has 112 valence electrons. The van der Waals surface area contributed by atoms with Crippen molar-refractivity contribution in [1.29, 1.82) is 0 Å². The van der Waals surface area contributed by atoms with Crippen LogP contribution in [0.2, 0.25) is 0 Å². The third-order valence-electron chi connectivity index (χ3n) is 3.22. The monoisotopic (exact) mass is 293 g/mol. The van der Waals surface area contributed by atoms with Crippen LogP contribution in [-0.4, -0.2) is 41.1 Å². The Morgan fingerprint density at radius 3 is 2.62 bits per heavy atom. The van der Waals surface area contributed by atoms with E-state index >= 15 is 0 Å². The van der Waals surface area contributed by atoms with E-state index in [1.807, 2.05) is 0 Å². The van der Waals surface area contributed by atoms with Gasteiger partial charge in [0.05, 0.1) is 6.04 Å². The normalized spacial score (nSPS) is 17.8. The Morgan fingerprint density at radius 1 is 1.33 bits per heavy atom. The van der Waals surface area contributed by atoms with E-state index in [4.69, 9.17) is 0 Å². The maximum Gasteiger partial charge on any atom is 0.406 e. The van der Waals surface area contributed by atoms with E-state index in [0.717, 1.165) is 17.9 Å². The summed E-state index contributed by atoms with van der Waals surface area (Å²) in [4.78, 5) is 39.5. The van der Waals surface area contributed by atoms with Gasteiger partial charge in [0.25, 0.3) is 5.91 Å². The first-order chi connectivity index (χ1) is 10.1. The lowest BCUT2D eigenvalue weighted by Gasteiger charge is -2.32. The highest BCUT2D eigenvalue weighted by atomic mass is 17.0. The Balaban J connectivity index is 2.24. The van der Waals surface area contributed by atoms with Gasteiger partial charge in [0.1, 0.15) is 0 Å². The van der Waals surface area contributed by atoms with Crippen molar-refractivity contribution in [3.8, 4) is 0 Å². The fourth-order valence-corrected chi connectivity index (χ4v) is 2.28. The number of nitrogens with one attached hydrogen (secondary N) is 1. The molecule has 1 aliphatic heterocycles. The molecule has 21 heavy (non-hydrogen) atoms. The van der Waals surface area contributed by atoms with Crippen molar-refractivity contribution in [1.82, 2.24) is 10.2 Å². The summed E-state index contributed by atoms with van der Waals surface area (Å²) in [6.07, 6.45) is 0.0930. The summed E-state index contributed by atoms with van der Waals surface area (Å²) in [7, 11) is 0. The molecule has 0 aromatic heterocycles. The smallest absolute Gasteiger partial charge is 0.315 e. The van der Waals surface area contributed by atoms with Crippen LogP contribution in [0.4, 0.5) is 4.79 Å². The second-order valence-corrected chi connectivity index (χ2v) is 4.62. The minimum absolute atomic E-state index is 0.281. The minimum Gasteiger partial charge on any atom is -0.315 e. The van der Waals surface area contributed by atoms with Crippen molar-refractivity contribution < 1.29 is 19.5 Å². The van der Waals surface area contributed by atoms with Gasteiger partial charge < -0.3 is 5.32 Å². The fraction of sp³-hybridized carbons (Fsp3) is 0.385. The lowest BCUT2D eigenvalue weighted by atomic mass is 10.0. The highest BCUT2D eigenvalue weighted by Crippen LogP contribution is 2.16. The molecule has 0 bridgehead atoms. The van der Waals surface area contributed by atoms with Gasteiger partial charge in [0, 0.05) is 12.1 Å². The predicted octanol–water partition coefficient (Wildman–Crippen LogP) is 1.21. The summed E-state index contributed by atoms with van der Waals surface area (Å²) >= 11 is 0. The molecule has 1 saturated heterocycles. The molecule has 0 saturated carbocycles. The predicted molar refractivity (Wildman–Crippen MR) is 72.0 cm³/mol. The molecule has 0 radical (unpaired) electrons. The molecule has 1 fully saturated rings. The van der Waals surface area contributed by atoms with Gasteiger partial charge in [-0.2, -0.15) is 0 Å². The first-order valence-electron chi connectivity index (χ1n) is 6.55. The Labute approximate surface area is 120 Å². The van der Waals surface area contributed by atoms with Gasteiger partial charge in [-0.05, 0) is 31.5 Å². The van der Waals surface area contributed by atoms with Crippen LogP contribution in [-0.2, 0) is 4.84 Å². The van der Waals surface area contributed by atoms with E-state index in [-0.39, 0.29) is 5.56 Å². The number of hydrogen-bond acceptors (Lipinski definition) is 6. The topological polar surface area (TPSA) is 102 Å². The molecular weight excluding hydrogens is 278 g/mol. The van der Waals surface area contributed by atoms with E-state index < -0.39 is 23.1 Å². The van der Waals surface area contributed by atoms with Crippen molar-refractivity contribution >= 4 is 12.0 Å². The molecule has 1 aromatic rings. The summed E-state index contributed by atoms with van der Waals surface area (Å²) in [5.74, 6) is -0.601. The van der Waals surface area contributed by atoms with Crippen LogP contribution < -0.4 is 5.32 Å². The summed E-state index contributed by atoms with van der Waals surface area (Å²) < 4.78 is 0. The summed E-state index contributed by atoms with van der Waals surface area (Å²) in [6, 6.07) is 7.68. The zero-order valence-electron chi connectivity index (χ0n) is 11.2. The summed E-state index contributed by atoms with van der Waals surface area (Å²) in [6.45, 7) is 1.18. The molecule has 1 heterocycles. The molecule has 1 unspecified atom stereocenters. The van der Waals surface area contributed by atoms with Crippen LogP contribution >= 0.6 is 0 Å². The number of imide groups is 1. The molecule has 1 aromatic carbocycles. The average Bonchev–Trinajstić information content (AvgIpc) is 2.48. The van der Waals surface area contributed by atoms with Crippen molar-refractivity contribution in [2.45, 2.75) is 18.9 Å². The number of carbonyl (C=O) groups is 2. The lowest BCUT2D eigenvalue weighted by Crippen LogP contribution is -2.52. The average molecular weight is 293 g/mol. The van der Waals surface area contributed by atoms with Crippen LogP contribution in [0.1, 0.15) is 23.2 Å². The zero-order valence-corrected chi connectivity index (χ0v) is 11.2. The SMILES string of the molecule is O=C(O[N+](=O)[O-])N(C(=O)c1ccccc1)C1CCCNC1. The number of amides is 2. The van der Waals surface area contributed by atoms with Gasteiger partial charge in [-0.1, -0.05) is 18.2 Å². The summed E-state index contributed by atoms with van der Waals surface area (Å²) in [5, 5.41) is 12.2. The van der Waals surface area contributed by atoms with Crippen molar-refractivity contribution in [2.24, 2.45) is 0 Å². The van der Waals surface area contributed by atoms with Crippen LogP contribution in [0.15, 0.2) is 30.3 Å². The molecule has 0 aliphatic carbocycles. The quantitative estimate of drug-likeness (QED) is 0.664. The third kappa shape index (κ3) is 3.76. The maximum absolute atomic E-state index is 12.4. The number of benzene rings is 1. The second-order valence-electron chi connectivity index (χ2n) is 4.62. The highest BCUT2D eigenvalue weighted by molar-refractivity contribution is 6.03. The molecule has 0 spiro atoms. The van der Waals surface area contributed by atoms with E-state index in [2.05, 4.69) is 10.2 Å². The number of rotatable bonds is 3. The highest BCUT2D eigenvalue weighted by Gasteiger charge is 2.33. The van der Waals surface area contributed by atoms with Gasteiger partial charge in [-0.3, -0.25) is 9.69 Å². The molecule has 2 amide bonds. The van der Waals surface area contributed by atoms with Crippen LogP contribution in [0.5, 0.6) is 0 Å². The number of carbonyl (C=O) groups excluding carboxylic acids is 2. The van der Waals surface area contributed by atoms with Crippen LogP contribution in [0.25, 0.3) is 0 Å². The largest absolute Gasteiger partial charge is 0.406 e. The Kier molecular flexibility index (Phi) is 4.83. The number of hydrogen-bond donors (Lipinski definition) is 1. The van der Waals surface area contributed by atoms with Crippen molar-refractivity contribution in [3.63, 3.8) is 0 Å². The van der Waals surface area contributed by atoms with E-state index in [1.165, 1.54) is 0 Å². The summed E-state index contributed by atoms with van der Waals surface area (Å²) in [5.41, 5.74) is 0.281. The van der Waals surface area contributed by atoms with Gasteiger partial charge >= 0.3 is 11.2 Å². The molecule has 2 rings (SSSR count). The van der Waals surface area contributed by atoms with Gasteiger partial charge in [0.15, 0.2) is 0 Å². The maximum atomic E-state index is 12.4. The third-order valence-corrected chi connectivity index (χ3v) is 3.22. The first kappa shape index (κ1) is 14.9. The minimum atomic E-state index is -1.26. The Hall–Kier alpha value is -2.48. The van der Waals surface area contributed by atoms with Gasteiger partial charge in [-0.25, -0.2) is 9.63 Å². The zero-order chi connectivity index (χ0) is 15.2. The molecule has 1 atom stereocenters. The van der Waals surface area contributed by atoms with Gasteiger partial charge in [-0.15, -0.1) is 10.1 Å². The van der Waals surface area contributed by atoms with E-state index in [0.29, 0.717) is 13.0 Å². The second kappa shape index (κ2) is 6.80. The van der Waals surface area contributed by atoms with Crippen molar-refractivity contribution in [2.75, 3.05) is 13.1 Å². The number of piperidine rings is 1. The fourth-order valence-electron chi connectivity index (χ4n) is 2.28. The molecular formula is C13H15N3O5. The van der Waals surface area contributed by atoms with E-state index in [9.17, 15) is 19.7 Å². The standard InChI is InChI=1S/C13H15N3O5/c17-12(10-5-2-1-3-6-10)15(13(18)21-16(19)20)11-7-4-8-14-9-11/h1-3,5-6,11,14H,4,7-9H2. The molecule has 1 N–H and O–H groups in total. The molecule has 8 heteroatoms. The Bertz CT molecular complexity index is 528. The van der Waals surface area contributed by atoms with Crippen LogP contribution in [0, 0.1) is 10.1 Å². The van der Waals surface area contributed by atoms with Gasteiger partial charge in [0.2, 0.25) is 0 Å². The van der Waals surface area contributed by atoms with Crippen molar-refractivity contribution in [3.05, 3.63) is 46.0 Å². The Morgan fingerprint density at radius 2 is 2.05 bits per heavy atom. The van der Waals surface area contributed by atoms with Crippen LogP contribution in [0.3, 0.4) is 0 Å². The lowest BCUT2D eigenvalue weighted by molar-refractivity contribution is -0.728. The molecule has 8 nitrogen and oxygen atoms in total. The van der Waals surface area contributed by atoms with E-state index in [1.54, 1.807) is 30.3 Å².